The lowest BCUT2D eigenvalue weighted by molar-refractivity contribution is -0.161. The standard InChI is InChI=1S/C101H176O16P2/c1-4-7-10-13-16-19-22-25-28-30-32-34-36-38-40-42-44-46-47-49-51-52-54-56-58-60-62-64-67-69-72-75-78-81-84-87-99(104)111-90-96(102)91-113-118(107,108)114-92-97(103)93-115-119(109,110)116-95-98(117-101(106)89-86-83-80-77-74-71-66-27-24-21-18-15-12-9-6-3)94-112-100(105)88-85-82-79-76-73-70-68-65-63-61-59-57-55-53-50-48-45-43-41-39-37-35-33-31-29-26-23-20-17-14-11-8-5-2/h7-8,10-11,16-21,25-29,32-35,38-41,66,96-98,102-103H,4-6,9,12-15,22-24,30-31,36-37,42-65,67-95H2,1-3H3,(H,107,108)(H,109,110)/b10-7-,11-8-,19-16-,20-17-,21-18-,28-25-,29-26-,34-32-,35-33-,40-38-,41-39-,66-27-. The first-order valence-corrected chi connectivity index (χ1v) is 51.1. The highest BCUT2D eigenvalue weighted by Crippen LogP contribution is 2.45. The molecule has 0 heterocycles. The Hall–Kier alpha value is -4.57. The number of hydrogen-bond acceptors (Lipinski definition) is 14. The van der Waals surface area contributed by atoms with E-state index < -0.39 is 91.5 Å². The fraction of sp³-hybridized carbons (Fsp3) is 0.733. The number of phosphoric acid groups is 2. The van der Waals surface area contributed by atoms with Gasteiger partial charge in [-0.05, 0) is 141 Å². The highest BCUT2D eigenvalue weighted by Gasteiger charge is 2.30. The van der Waals surface area contributed by atoms with Crippen molar-refractivity contribution in [1.29, 1.82) is 0 Å². The maximum Gasteiger partial charge on any atom is 0.472 e. The third-order valence-electron chi connectivity index (χ3n) is 20.5. The minimum absolute atomic E-state index is 0.0891. The van der Waals surface area contributed by atoms with Crippen molar-refractivity contribution in [2.24, 2.45) is 0 Å². The summed E-state index contributed by atoms with van der Waals surface area (Å²) in [6.07, 6.45) is 118. The Labute approximate surface area is 728 Å². The summed E-state index contributed by atoms with van der Waals surface area (Å²) in [5.41, 5.74) is 0. The fourth-order valence-corrected chi connectivity index (χ4v) is 14.9. The van der Waals surface area contributed by atoms with Crippen LogP contribution in [0.5, 0.6) is 0 Å². The van der Waals surface area contributed by atoms with Crippen LogP contribution >= 0.6 is 15.6 Å². The lowest BCUT2D eigenvalue weighted by atomic mass is 10.0. The number of allylic oxidation sites excluding steroid dienone is 24. The van der Waals surface area contributed by atoms with Crippen molar-refractivity contribution in [3.63, 3.8) is 0 Å². The van der Waals surface area contributed by atoms with Crippen LogP contribution in [0.1, 0.15) is 419 Å². The average Bonchev–Trinajstić information content (AvgIpc) is 0.898. The van der Waals surface area contributed by atoms with Gasteiger partial charge in [-0.1, -0.05) is 404 Å². The molecule has 4 N–H and O–H groups in total. The highest BCUT2D eigenvalue weighted by atomic mass is 31.2. The summed E-state index contributed by atoms with van der Waals surface area (Å²) in [6.45, 7) is 2.48. The van der Waals surface area contributed by atoms with Crippen molar-refractivity contribution in [3.05, 3.63) is 146 Å². The van der Waals surface area contributed by atoms with Crippen molar-refractivity contribution in [2.75, 3.05) is 39.6 Å². The quantitative estimate of drug-likeness (QED) is 0.0146. The normalized spacial score (nSPS) is 14.4. The summed E-state index contributed by atoms with van der Waals surface area (Å²) in [4.78, 5) is 59.0. The molecule has 0 radical (unpaired) electrons. The molecule has 5 atom stereocenters. The van der Waals surface area contributed by atoms with E-state index >= 15 is 0 Å². The summed E-state index contributed by atoms with van der Waals surface area (Å²) >= 11 is 0. The van der Waals surface area contributed by atoms with Crippen molar-refractivity contribution in [2.45, 2.75) is 437 Å². The van der Waals surface area contributed by atoms with Gasteiger partial charge in [0.25, 0.3) is 0 Å². The molecular weight excluding hydrogens is 1530 g/mol. The molecule has 0 bridgehead atoms. The Bertz CT molecular complexity index is 2740. The Morgan fingerprint density at radius 1 is 0.244 bits per heavy atom. The number of unbranched alkanes of at least 4 members (excludes halogenated alkanes) is 44. The zero-order chi connectivity index (χ0) is 86.5. The maximum atomic E-state index is 13.0. The summed E-state index contributed by atoms with van der Waals surface area (Å²) in [6, 6.07) is 0. The van der Waals surface area contributed by atoms with Gasteiger partial charge in [-0.15, -0.1) is 0 Å². The van der Waals surface area contributed by atoms with Gasteiger partial charge < -0.3 is 34.2 Å². The smallest absolute Gasteiger partial charge is 0.463 e. The molecule has 0 rings (SSSR count). The zero-order valence-electron chi connectivity index (χ0n) is 75.8. The molecule has 0 spiro atoms. The first-order valence-electron chi connectivity index (χ1n) is 48.1. The first-order chi connectivity index (χ1) is 58.2. The van der Waals surface area contributed by atoms with E-state index in [1.807, 2.05) is 0 Å². The molecule has 0 saturated heterocycles. The molecule has 0 aliphatic carbocycles. The molecule has 0 fully saturated rings. The number of rotatable bonds is 91. The zero-order valence-corrected chi connectivity index (χ0v) is 77.5. The number of ether oxygens (including phenoxy) is 3. The van der Waals surface area contributed by atoms with E-state index in [2.05, 4.69) is 167 Å². The molecule has 16 nitrogen and oxygen atoms in total. The van der Waals surface area contributed by atoms with Crippen LogP contribution in [-0.4, -0.2) is 95.9 Å². The second-order valence-electron chi connectivity index (χ2n) is 32.1. The molecule has 119 heavy (non-hydrogen) atoms. The van der Waals surface area contributed by atoms with E-state index in [9.17, 15) is 43.5 Å². The Balaban J connectivity index is 4.40. The third kappa shape index (κ3) is 94.0. The van der Waals surface area contributed by atoms with Crippen LogP contribution < -0.4 is 0 Å². The van der Waals surface area contributed by atoms with E-state index in [4.69, 9.17) is 32.3 Å². The fourth-order valence-electron chi connectivity index (χ4n) is 13.3. The Kier molecular flexibility index (Phi) is 89.1. The first kappa shape index (κ1) is 114. The molecule has 0 aliphatic heterocycles. The van der Waals surface area contributed by atoms with E-state index in [1.54, 1.807) is 0 Å². The van der Waals surface area contributed by atoms with Crippen LogP contribution in [0.3, 0.4) is 0 Å². The van der Waals surface area contributed by atoms with Crippen molar-refractivity contribution >= 4 is 33.6 Å². The highest BCUT2D eigenvalue weighted by molar-refractivity contribution is 7.47. The lowest BCUT2D eigenvalue weighted by Crippen LogP contribution is -2.30. The summed E-state index contributed by atoms with van der Waals surface area (Å²) in [5, 5.41) is 20.7. The molecule has 0 saturated carbocycles. The number of aliphatic hydroxyl groups excluding tert-OH is 2. The van der Waals surface area contributed by atoms with Gasteiger partial charge in [-0.25, -0.2) is 9.13 Å². The van der Waals surface area contributed by atoms with Gasteiger partial charge in [0.05, 0.1) is 26.4 Å². The van der Waals surface area contributed by atoms with Crippen LogP contribution in [0, 0.1) is 0 Å². The third-order valence-corrected chi connectivity index (χ3v) is 22.4. The van der Waals surface area contributed by atoms with Crippen LogP contribution in [0.25, 0.3) is 0 Å². The molecule has 686 valence electrons. The molecule has 18 heteroatoms. The van der Waals surface area contributed by atoms with Gasteiger partial charge in [0, 0.05) is 19.3 Å². The number of carbonyl (C=O) groups is 3. The number of phosphoric ester groups is 2. The summed E-state index contributed by atoms with van der Waals surface area (Å²) < 4.78 is 61.5. The monoisotopic (exact) mass is 1710 g/mol. The molecular formula is C101H176O16P2. The molecule has 0 aromatic rings. The van der Waals surface area contributed by atoms with Crippen molar-refractivity contribution in [1.82, 2.24) is 0 Å². The molecule has 0 amide bonds. The van der Waals surface area contributed by atoms with Crippen LogP contribution in [0.2, 0.25) is 0 Å². The van der Waals surface area contributed by atoms with E-state index in [0.717, 1.165) is 148 Å². The van der Waals surface area contributed by atoms with E-state index in [1.165, 1.54) is 212 Å². The SMILES string of the molecule is CC/C=C\C/C=C\C/C=C\C/C=C\C/C=C\CCCCCCCCCCCCCCCCCCCCCC(=O)OCC(O)COP(=O)(O)OCC(O)COP(=O)(O)OCC(COC(=O)CCCCCCCCCCCCCCCCCCC/C=C\C/C=C\C/C=C\C/C=C\C/C=C\CC)OC(=O)CCCCCCC/C=C\C/C=C\CCCCC. The largest absolute Gasteiger partial charge is 0.472 e. The summed E-state index contributed by atoms with van der Waals surface area (Å²) in [5.74, 6) is -1.57. The predicted molar refractivity (Wildman–Crippen MR) is 500 cm³/mol. The van der Waals surface area contributed by atoms with Gasteiger partial charge in [0.15, 0.2) is 6.10 Å². The van der Waals surface area contributed by atoms with Crippen LogP contribution in [-0.2, 0) is 55.8 Å². The Morgan fingerprint density at radius 3 is 0.706 bits per heavy atom. The minimum Gasteiger partial charge on any atom is -0.463 e. The van der Waals surface area contributed by atoms with Crippen LogP contribution in [0.4, 0.5) is 0 Å². The van der Waals surface area contributed by atoms with Crippen LogP contribution in [0.15, 0.2) is 146 Å². The van der Waals surface area contributed by atoms with Gasteiger partial charge >= 0.3 is 33.6 Å². The maximum absolute atomic E-state index is 13.0. The summed E-state index contributed by atoms with van der Waals surface area (Å²) in [7, 11) is -9.80. The number of aliphatic hydroxyl groups is 2. The second kappa shape index (κ2) is 92.6. The predicted octanol–water partition coefficient (Wildman–Crippen LogP) is 29.9. The van der Waals surface area contributed by atoms with E-state index in [-0.39, 0.29) is 19.3 Å². The number of carbonyl (C=O) groups excluding carboxylic acids is 3. The number of hydrogen-bond donors (Lipinski definition) is 4. The average molecular weight is 1710 g/mol. The van der Waals surface area contributed by atoms with Gasteiger partial charge in [0.2, 0.25) is 0 Å². The van der Waals surface area contributed by atoms with Gasteiger partial charge in [-0.2, -0.15) is 0 Å². The molecule has 5 unspecified atom stereocenters. The van der Waals surface area contributed by atoms with E-state index in [0.29, 0.717) is 19.3 Å². The van der Waals surface area contributed by atoms with Crippen molar-refractivity contribution in [3.8, 4) is 0 Å². The minimum atomic E-state index is -4.94. The lowest BCUT2D eigenvalue weighted by Gasteiger charge is -2.21. The topological polar surface area (TPSA) is 231 Å². The number of esters is 3. The molecule has 0 aliphatic rings. The Morgan fingerprint density at radius 2 is 0.445 bits per heavy atom. The molecule has 0 aromatic heterocycles. The van der Waals surface area contributed by atoms with Crippen molar-refractivity contribution < 1.29 is 75.8 Å². The molecule has 0 aromatic carbocycles. The van der Waals surface area contributed by atoms with Gasteiger partial charge in [0.1, 0.15) is 25.4 Å². The second-order valence-corrected chi connectivity index (χ2v) is 35.0. The van der Waals surface area contributed by atoms with Gasteiger partial charge in [-0.3, -0.25) is 32.5 Å².